The zero-order valence-electron chi connectivity index (χ0n) is 18.5. The zero-order chi connectivity index (χ0) is 23.4. The van der Waals surface area contributed by atoms with Gasteiger partial charge in [-0.3, -0.25) is 4.79 Å². The molecule has 0 aliphatic carbocycles. The molecule has 0 spiro atoms. The topological polar surface area (TPSA) is 106 Å². The van der Waals surface area contributed by atoms with E-state index < -0.39 is 11.9 Å². The van der Waals surface area contributed by atoms with Crippen LogP contribution in [0.5, 0.6) is 0 Å². The van der Waals surface area contributed by atoms with E-state index in [0.29, 0.717) is 17.3 Å². The number of pyridine rings is 1. The van der Waals surface area contributed by atoms with Crippen LogP contribution in [0.4, 0.5) is 11.6 Å². The third kappa shape index (κ3) is 4.95. The van der Waals surface area contributed by atoms with Gasteiger partial charge in [-0.15, -0.1) is 0 Å². The number of fused-ring (bicyclic) bond motifs is 1. The summed E-state index contributed by atoms with van der Waals surface area (Å²) in [6, 6.07) is 16.6. The van der Waals surface area contributed by atoms with E-state index in [4.69, 9.17) is 4.74 Å². The Kier molecular flexibility index (Phi) is 6.26. The van der Waals surface area contributed by atoms with E-state index in [1.54, 1.807) is 19.3 Å². The number of carbonyl (C=O) groups excluding carboxylic acids is 2. The van der Waals surface area contributed by atoms with E-state index in [-0.39, 0.29) is 6.61 Å². The third-order valence-corrected chi connectivity index (χ3v) is 5.17. The van der Waals surface area contributed by atoms with Crippen molar-refractivity contribution in [1.29, 1.82) is 0 Å². The van der Waals surface area contributed by atoms with E-state index in [0.717, 1.165) is 33.3 Å². The lowest BCUT2D eigenvalue weighted by Gasteiger charge is -2.13. The molecule has 0 aliphatic heterocycles. The van der Waals surface area contributed by atoms with Crippen LogP contribution in [0.25, 0.3) is 22.2 Å². The number of hydrogen-bond donors (Lipinski definition) is 2. The van der Waals surface area contributed by atoms with Crippen LogP contribution in [0.2, 0.25) is 0 Å². The predicted octanol–water partition coefficient (Wildman–Crippen LogP) is 4.03. The van der Waals surface area contributed by atoms with Crippen molar-refractivity contribution in [2.45, 2.75) is 20.5 Å². The lowest BCUT2D eigenvalue weighted by molar-refractivity contribution is -0.153. The molecule has 166 valence electrons. The Morgan fingerprint density at radius 1 is 0.970 bits per heavy atom. The second kappa shape index (κ2) is 9.44. The first-order valence-electron chi connectivity index (χ1n) is 10.4. The lowest BCUT2D eigenvalue weighted by Crippen LogP contribution is -2.25. The number of benzene rings is 2. The number of rotatable bonds is 5. The fourth-order valence-corrected chi connectivity index (χ4v) is 3.41. The normalized spacial score (nSPS) is 10.6. The van der Waals surface area contributed by atoms with Crippen LogP contribution in [0, 0.1) is 13.8 Å². The van der Waals surface area contributed by atoms with Crippen molar-refractivity contribution >= 4 is 34.5 Å². The minimum Gasteiger partial charge on any atom is -0.454 e. The first kappa shape index (κ1) is 21.9. The summed E-state index contributed by atoms with van der Waals surface area (Å²) in [4.78, 5) is 37.7. The Morgan fingerprint density at radius 2 is 1.76 bits per heavy atom. The zero-order valence-corrected chi connectivity index (χ0v) is 18.5. The minimum absolute atomic E-state index is 0.0333. The molecule has 0 unspecified atom stereocenters. The molecule has 8 nitrogen and oxygen atoms in total. The highest BCUT2D eigenvalue weighted by molar-refractivity contribution is 6.37. The average molecular weight is 441 g/mol. The van der Waals surface area contributed by atoms with Gasteiger partial charge in [0, 0.05) is 35.6 Å². The maximum Gasteiger partial charge on any atom is 0.397 e. The Bertz CT molecular complexity index is 1340. The monoisotopic (exact) mass is 441 g/mol. The number of nitrogens with one attached hydrogen (secondary N) is 2. The summed E-state index contributed by atoms with van der Waals surface area (Å²) in [6.45, 7) is 3.91. The largest absolute Gasteiger partial charge is 0.454 e. The van der Waals surface area contributed by atoms with Crippen LogP contribution in [-0.4, -0.2) is 33.9 Å². The molecule has 0 bridgehead atoms. The summed E-state index contributed by atoms with van der Waals surface area (Å²) < 4.78 is 5.11. The van der Waals surface area contributed by atoms with Gasteiger partial charge < -0.3 is 15.4 Å². The molecule has 2 aromatic heterocycles. The van der Waals surface area contributed by atoms with Gasteiger partial charge in [0.1, 0.15) is 6.61 Å². The molecule has 0 saturated heterocycles. The molecule has 0 fully saturated rings. The van der Waals surface area contributed by atoms with Crippen LogP contribution in [0.15, 0.2) is 60.8 Å². The number of aryl methyl sites for hydroxylation is 2. The molecule has 0 aliphatic rings. The minimum atomic E-state index is -0.943. The van der Waals surface area contributed by atoms with Gasteiger partial charge in [0.05, 0.1) is 0 Å². The van der Waals surface area contributed by atoms with Crippen molar-refractivity contribution in [2.24, 2.45) is 0 Å². The van der Waals surface area contributed by atoms with E-state index in [1.807, 2.05) is 62.4 Å². The maximum absolute atomic E-state index is 12.3. The van der Waals surface area contributed by atoms with E-state index in [9.17, 15) is 9.59 Å². The second-order valence-corrected chi connectivity index (χ2v) is 7.52. The lowest BCUT2D eigenvalue weighted by atomic mass is 9.98. The number of anilines is 2. The van der Waals surface area contributed by atoms with Crippen molar-refractivity contribution in [2.75, 3.05) is 17.7 Å². The van der Waals surface area contributed by atoms with Crippen LogP contribution >= 0.6 is 0 Å². The molecule has 2 aromatic carbocycles. The van der Waals surface area contributed by atoms with Gasteiger partial charge in [-0.25, -0.2) is 14.8 Å². The smallest absolute Gasteiger partial charge is 0.397 e. The third-order valence-electron chi connectivity index (χ3n) is 5.17. The van der Waals surface area contributed by atoms with Crippen molar-refractivity contribution in [3.63, 3.8) is 0 Å². The molecule has 0 atom stereocenters. The molecule has 2 N–H and O–H groups in total. The maximum atomic E-state index is 12.3. The number of carbonyl (C=O) groups is 2. The Morgan fingerprint density at radius 3 is 2.52 bits per heavy atom. The van der Waals surface area contributed by atoms with Crippen LogP contribution in [0.1, 0.15) is 16.8 Å². The Hall–Kier alpha value is -4.33. The first-order valence-corrected chi connectivity index (χ1v) is 10.4. The fraction of sp³-hybridized carbons (Fsp3) is 0.160. The molecule has 4 rings (SSSR count). The van der Waals surface area contributed by atoms with Crippen molar-refractivity contribution in [3.05, 3.63) is 77.6 Å². The molecule has 33 heavy (non-hydrogen) atoms. The van der Waals surface area contributed by atoms with Gasteiger partial charge >= 0.3 is 11.9 Å². The summed E-state index contributed by atoms with van der Waals surface area (Å²) in [5, 5.41) is 6.33. The number of hydrogen-bond acceptors (Lipinski definition) is 7. The second-order valence-electron chi connectivity index (χ2n) is 7.52. The van der Waals surface area contributed by atoms with E-state index >= 15 is 0 Å². The van der Waals surface area contributed by atoms with Crippen LogP contribution in [-0.2, 0) is 20.9 Å². The van der Waals surface area contributed by atoms with Crippen molar-refractivity contribution < 1.29 is 14.3 Å². The molecule has 0 radical (unpaired) electrons. The summed E-state index contributed by atoms with van der Waals surface area (Å²) in [6.07, 6.45) is 1.72. The van der Waals surface area contributed by atoms with Gasteiger partial charge in [0.25, 0.3) is 0 Å². The van der Waals surface area contributed by atoms with Gasteiger partial charge in [0.15, 0.2) is 5.65 Å². The number of aromatic nitrogens is 3. The summed E-state index contributed by atoms with van der Waals surface area (Å²) in [5.74, 6) is -1.27. The van der Waals surface area contributed by atoms with Crippen LogP contribution < -0.4 is 10.6 Å². The summed E-state index contributed by atoms with van der Waals surface area (Å²) in [5.41, 5.74) is 5.45. The number of nitrogens with zero attached hydrogens (tertiary/aromatic N) is 3. The highest BCUT2D eigenvalue weighted by atomic mass is 16.5. The standard InChI is InChI=1S/C25H23N5O3/c1-15-9-10-19(29-23(31)24(32)33-14-17-7-5-4-6-8-17)12-20(15)21-11-18-13-27-25(26-3)30-22(18)28-16(21)2/h4-13H,14H2,1-3H3,(H,29,31)(H,26,27,28,30). The molecular formula is C25H23N5O3. The predicted molar refractivity (Wildman–Crippen MR) is 127 cm³/mol. The van der Waals surface area contributed by atoms with Gasteiger partial charge in [-0.05, 0) is 48.7 Å². The van der Waals surface area contributed by atoms with E-state index in [2.05, 4.69) is 25.6 Å². The SMILES string of the molecule is CNc1ncc2cc(-c3cc(NC(=O)C(=O)OCc4ccccc4)ccc3C)c(C)nc2n1. The Balaban J connectivity index is 1.54. The molecule has 1 amide bonds. The summed E-state index contributed by atoms with van der Waals surface area (Å²) in [7, 11) is 1.75. The number of ether oxygens (including phenoxy) is 1. The number of esters is 1. The molecule has 4 aromatic rings. The van der Waals surface area contributed by atoms with Gasteiger partial charge in [-0.1, -0.05) is 36.4 Å². The van der Waals surface area contributed by atoms with Gasteiger partial charge in [0.2, 0.25) is 5.95 Å². The van der Waals surface area contributed by atoms with Crippen LogP contribution in [0.3, 0.4) is 0 Å². The first-order chi connectivity index (χ1) is 15.9. The highest BCUT2D eigenvalue weighted by Crippen LogP contribution is 2.30. The highest BCUT2D eigenvalue weighted by Gasteiger charge is 2.17. The fourth-order valence-electron chi connectivity index (χ4n) is 3.41. The van der Waals surface area contributed by atoms with Gasteiger partial charge in [-0.2, -0.15) is 4.98 Å². The molecular weight excluding hydrogens is 418 g/mol. The number of amides is 1. The molecule has 0 saturated carbocycles. The molecule has 2 heterocycles. The van der Waals surface area contributed by atoms with Crippen molar-refractivity contribution in [1.82, 2.24) is 15.0 Å². The Labute approximate surface area is 191 Å². The molecule has 8 heteroatoms. The quantitative estimate of drug-likeness (QED) is 0.356. The average Bonchev–Trinajstić information content (AvgIpc) is 2.83. The summed E-state index contributed by atoms with van der Waals surface area (Å²) >= 11 is 0. The van der Waals surface area contributed by atoms with E-state index in [1.165, 1.54) is 0 Å². The van der Waals surface area contributed by atoms with Crippen molar-refractivity contribution in [3.8, 4) is 11.1 Å².